The Morgan fingerprint density at radius 3 is 2.00 bits per heavy atom. The third-order valence-electron chi connectivity index (χ3n) is 6.15. The predicted octanol–water partition coefficient (Wildman–Crippen LogP) is 5.98. The van der Waals surface area contributed by atoms with E-state index in [1.807, 2.05) is 50.3 Å². The molecule has 0 aromatic heterocycles. The van der Waals surface area contributed by atoms with Gasteiger partial charge in [-0.1, -0.05) is 78.0 Å². The molecule has 0 bridgehead atoms. The molecule has 0 spiro atoms. The summed E-state index contributed by atoms with van der Waals surface area (Å²) >= 11 is 0. The van der Waals surface area contributed by atoms with E-state index in [1.54, 1.807) is 0 Å². The smallest absolute Gasteiger partial charge is 0.200 e. The number of rotatable bonds is 13. The molecule has 1 aromatic carbocycles. The summed E-state index contributed by atoms with van der Waals surface area (Å²) in [4.78, 5) is 5.78. The molecule has 0 aliphatic rings. The monoisotopic (exact) mass is 421 g/mol. The molecule has 0 amide bonds. The van der Waals surface area contributed by atoms with Crippen LogP contribution in [0, 0.1) is 0 Å². The third kappa shape index (κ3) is 6.50. The first kappa shape index (κ1) is 26.1. The topological polar surface area (TPSA) is 50.7 Å². The van der Waals surface area contributed by atoms with Crippen molar-refractivity contribution in [3.8, 4) is 0 Å². The summed E-state index contributed by atoms with van der Waals surface area (Å²) in [5.41, 5.74) is 4.88. The number of hydrogen-bond donors (Lipinski definition) is 2. The van der Waals surface area contributed by atoms with Gasteiger partial charge in [0.25, 0.3) is 0 Å². The molecular formula is C24H43NO3Si. The van der Waals surface area contributed by atoms with Gasteiger partial charge in [0.1, 0.15) is 0 Å². The largest absolute Gasteiger partial charge is 0.411 e. The highest BCUT2D eigenvalue weighted by atomic mass is 28.4. The molecule has 29 heavy (non-hydrogen) atoms. The Kier molecular flexibility index (Phi) is 10.3. The van der Waals surface area contributed by atoms with Crippen LogP contribution >= 0.6 is 0 Å². The summed E-state index contributed by atoms with van der Waals surface area (Å²) in [6.07, 6.45) is 1.33. The number of hydrogen-bond acceptors (Lipinski definition) is 4. The van der Waals surface area contributed by atoms with Crippen molar-refractivity contribution >= 4 is 8.32 Å². The quantitative estimate of drug-likeness (QED) is 0.233. The zero-order valence-corrected chi connectivity index (χ0v) is 20.7. The molecule has 1 aromatic rings. The van der Waals surface area contributed by atoms with Crippen LogP contribution in [0.2, 0.25) is 16.6 Å². The molecule has 0 fully saturated rings. The van der Waals surface area contributed by atoms with Crippen molar-refractivity contribution in [3.63, 3.8) is 0 Å². The summed E-state index contributed by atoms with van der Waals surface area (Å²) in [6, 6.07) is 9.99. The van der Waals surface area contributed by atoms with Crippen LogP contribution in [-0.2, 0) is 15.9 Å². The number of aliphatic hydroxyl groups excluding tert-OH is 1. The second kappa shape index (κ2) is 11.4. The van der Waals surface area contributed by atoms with E-state index in [9.17, 15) is 5.11 Å². The highest BCUT2D eigenvalue weighted by Gasteiger charge is 2.48. The number of hydroxylamine groups is 1. The van der Waals surface area contributed by atoms with Crippen molar-refractivity contribution in [2.75, 3.05) is 0 Å². The van der Waals surface area contributed by atoms with E-state index in [-0.39, 0.29) is 6.10 Å². The minimum absolute atomic E-state index is 0.313. The van der Waals surface area contributed by atoms with Crippen LogP contribution < -0.4 is 5.48 Å². The molecule has 0 aliphatic carbocycles. The summed E-state index contributed by atoms with van der Waals surface area (Å²) in [6.45, 7) is 21.8. The van der Waals surface area contributed by atoms with Crippen molar-refractivity contribution in [1.82, 2.24) is 5.48 Å². The lowest BCUT2D eigenvalue weighted by atomic mass is 9.89. The molecule has 0 saturated heterocycles. The zero-order valence-electron chi connectivity index (χ0n) is 19.7. The second-order valence-corrected chi connectivity index (χ2v) is 14.8. The van der Waals surface area contributed by atoms with E-state index in [1.165, 1.54) is 0 Å². The molecule has 0 aliphatic heterocycles. The molecule has 0 unspecified atom stereocenters. The van der Waals surface area contributed by atoms with E-state index >= 15 is 0 Å². The Morgan fingerprint density at radius 1 is 1.03 bits per heavy atom. The second-order valence-electron chi connectivity index (χ2n) is 9.37. The average molecular weight is 422 g/mol. The molecule has 0 radical (unpaired) electrons. The number of nitrogens with one attached hydrogen (secondary N) is 1. The first-order valence-electron chi connectivity index (χ1n) is 10.9. The van der Waals surface area contributed by atoms with E-state index < -0.39 is 20.0 Å². The van der Waals surface area contributed by atoms with Crippen LogP contribution in [0.15, 0.2) is 43.0 Å². The van der Waals surface area contributed by atoms with Crippen LogP contribution in [0.5, 0.6) is 0 Å². The first-order chi connectivity index (χ1) is 13.5. The maximum absolute atomic E-state index is 11.3. The standard InChI is InChI=1S/C24H43NO3Si/c1-10-16-24(9,25-27-17-22-14-12-11-13-15-22)23(26)21(8)28-29(18(2)3,19(4)5)20(6)7/h10-15,18-21,23,25-26H,1,16-17H2,2-9H3/t21-,23-,24-/m0/s1. The highest BCUT2D eigenvalue weighted by molar-refractivity contribution is 6.77. The molecule has 4 nitrogen and oxygen atoms in total. The van der Waals surface area contributed by atoms with Crippen LogP contribution in [0.25, 0.3) is 0 Å². The Bertz CT molecular complexity index is 584. The molecule has 3 atom stereocenters. The summed E-state index contributed by atoms with van der Waals surface area (Å²) in [5.74, 6) is 0. The molecule has 2 N–H and O–H groups in total. The van der Waals surface area contributed by atoms with Crippen molar-refractivity contribution in [2.45, 2.75) is 103 Å². The molecule has 0 heterocycles. The predicted molar refractivity (Wildman–Crippen MR) is 125 cm³/mol. The van der Waals surface area contributed by atoms with E-state index in [2.05, 4.69) is 53.6 Å². The maximum atomic E-state index is 11.3. The fourth-order valence-corrected chi connectivity index (χ4v) is 10.3. The van der Waals surface area contributed by atoms with Gasteiger partial charge in [0.2, 0.25) is 8.32 Å². The Labute approximate surface area is 179 Å². The van der Waals surface area contributed by atoms with Crippen molar-refractivity contribution in [3.05, 3.63) is 48.6 Å². The van der Waals surface area contributed by atoms with E-state index in [0.717, 1.165) is 5.56 Å². The zero-order chi connectivity index (χ0) is 22.2. The lowest BCUT2D eigenvalue weighted by Gasteiger charge is -2.47. The van der Waals surface area contributed by atoms with Gasteiger partial charge in [-0.3, -0.25) is 4.84 Å². The van der Waals surface area contributed by atoms with Gasteiger partial charge in [0.05, 0.1) is 24.4 Å². The van der Waals surface area contributed by atoms with Gasteiger partial charge in [-0.2, -0.15) is 5.48 Å². The molecule has 1 rings (SSSR count). The average Bonchev–Trinajstić information content (AvgIpc) is 2.65. The normalized spacial score (nSPS) is 16.8. The Morgan fingerprint density at radius 2 is 1.55 bits per heavy atom. The summed E-state index contributed by atoms with van der Waals surface area (Å²) < 4.78 is 6.80. The minimum Gasteiger partial charge on any atom is -0.411 e. The van der Waals surface area contributed by atoms with E-state index in [0.29, 0.717) is 29.7 Å². The lowest BCUT2D eigenvalue weighted by Crippen LogP contribution is -2.59. The van der Waals surface area contributed by atoms with Gasteiger partial charge in [-0.05, 0) is 42.5 Å². The molecule has 166 valence electrons. The van der Waals surface area contributed by atoms with Gasteiger partial charge in [-0.15, -0.1) is 6.58 Å². The Hall–Kier alpha value is -0.983. The minimum atomic E-state index is -2.09. The molecule has 5 heteroatoms. The van der Waals surface area contributed by atoms with E-state index in [4.69, 9.17) is 9.26 Å². The van der Waals surface area contributed by atoms with Gasteiger partial charge in [0.15, 0.2) is 0 Å². The SMILES string of the molecule is C=CC[C@](C)(NOCc1ccccc1)[C@@H](O)[C@H](C)O[Si](C(C)C)(C(C)C)C(C)C. The summed E-state index contributed by atoms with van der Waals surface area (Å²) in [7, 11) is -2.09. The third-order valence-corrected chi connectivity index (χ3v) is 12.3. The van der Waals surface area contributed by atoms with Crippen LogP contribution in [0.4, 0.5) is 0 Å². The first-order valence-corrected chi connectivity index (χ1v) is 13.0. The van der Waals surface area contributed by atoms with Gasteiger partial charge < -0.3 is 9.53 Å². The number of aliphatic hydroxyl groups is 1. The van der Waals surface area contributed by atoms with Crippen LogP contribution in [0.3, 0.4) is 0 Å². The van der Waals surface area contributed by atoms with Crippen molar-refractivity contribution < 1.29 is 14.4 Å². The van der Waals surface area contributed by atoms with Gasteiger partial charge in [0, 0.05) is 0 Å². The molecular weight excluding hydrogens is 378 g/mol. The lowest BCUT2D eigenvalue weighted by molar-refractivity contribution is -0.102. The van der Waals surface area contributed by atoms with Crippen molar-refractivity contribution in [1.29, 1.82) is 0 Å². The Balaban J connectivity index is 2.94. The fraction of sp³-hybridized carbons (Fsp3) is 0.667. The molecule has 0 saturated carbocycles. The highest BCUT2D eigenvalue weighted by Crippen LogP contribution is 2.43. The van der Waals surface area contributed by atoms with Crippen molar-refractivity contribution in [2.24, 2.45) is 0 Å². The number of benzene rings is 1. The fourth-order valence-electron chi connectivity index (χ4n) is 4.69. The van der Waals surface area contributed by atoms with Gasteiger partial charge >= 0.3 is 0 Å². The maximum Gasteiger partial charge on any atom is 0.200 e. The van der Waals surface area contributed by atoms with Gasteiger partial charge in [-0.25, -0.2) is 0 Å². The van der Waals surface area contributed by atoms with Crippen LogP contribution in [0.1, 0.15) is 67.4 Å². The van der Waals surface area contributed by atoms with Crippen LogP contribution in [-0.4, -0.2) is 31.2 Å². The summed E-state index contributed by atoms with van der Waals surface area (Å²) in [5, 5.41) is 11.3.